The van der Waals surface area contributed by atoms with E-state index in [0.29, 0.717) is 23.6 Å². The Morgan fingerprint density at radius 2 is 2.12 bits per heavy atom. The van der Waals surface area contributed by atoms with Gasteiger partial charge in [0.2, 0.25) is 5.91 Å². The Bertz CT molecular complexity index is 678. The molecular weight excluding hydrogens is 348 g/mol. The number of H-pyrrole nitrogens is 1. The predicted octanol–water partition coefficient (Wildman–Crippen LogP) is 2.23. The summed E-state index contributed by atoms with van der Waals surface area (Å²) in [5.74, 6) is 0.160. The van der Waals surface area contributed by atoms with Gasteiger partial charge >= 0.3 is 0 Å². The summed E-state index contributed by atoms with van der Waals surface area (Å²) in [6.07, 6.45) is 4.10. The maximum Gasteiger partial charge on any atom is 0.253 e. The van der Waals surface area contributed by atoms with Crippen LogP contribution in [0, 0.1) is 0 Å². The maximum absolute atomic E-state index is 12.4. The summed E-state index contributed by atoms with van der Waals surface area (Å²) >= 11 is 7.65. The summed E-state index contributed by atoms with van der Waals surface area (Å²) in [5, 5.41) is 12.5. The van der Waals surface area contributed by atoms with E-state index in [2.05, 4.69) is 20.8 Å². The molecule has 0 radical (unpaired) electrons. The van der Waals surface area contributed by atoms with Crippen LogP contribution in [0.2, 0.25) is 5.02 Å². The molecule has 6 nitrogen and oxygen atoms in total. The highest BCUT2D eigenvalue weighted by atomic mass is 35.5. The van der Waals surface area contributed by atoms with Gasteiger partial charge in [-0.15, -0.1) is 0 Å². The lowest BCUT2D eigenvalue weighted by Gasteiger charge is -2.18. The van der Waals surface area contributed by atoms with Gasteiger partial charge in [0, 0.05) is 6.20 Å². The molecule has 0 saturated heterocycles. The van der Waals surface area contributed by atoms with Crippen LogP contribution < -0.4 is 10.6 Å². The molecule has 0 bridgehead atoms. The Morgan fingerprint density at radius 3 is 2.79 bits per heavy atom. The van der Waals surface area contributed by atoms with E-state index in [1.165, 1.54) is 0 Å². The lowest BCUT2D eigenvalue weighted by atomic mass is 10.1. The summed E-state index contributed by atoms with van der Waals surface area (Å²) < 4.78 is 0. The number of hydrogen-bond donors (Lipinski definition) is 3. The number of carbonyl (C=O) groups excluding carboxylic acids is 2. The van der Waals surface area contributed by atoms with Crippen LogP contribution in [0.5, 0.6) is 0 Å². The van der Waals surface area contributed by atoms with Crippen LogP contribution in [0.3, 0.4) is 0 Å². The molecule has 24 heavy (non-hydrogen) atoms. The molecule has 0 aliphatic rings. The summed E-state index contributed by atoms with van der Waals surface area (Å²) in [5.41, 5.74) is 1.15. The molecule has 1 atom stereocenters. The van der Waals surface area contributed by atoms with Crippen molar-refractivity contribution in [3.63, 3.8) is 0 Å². The topological polar surface area (TPSA) is 86.9 Å². The fourth-order valence-corrected chi connectivity index (χ4v) is 2.77. The summed E-state index contributed by atoms with van der Waals surface area (Å²) in [6.45, 7) is 0.330. The molecule has 1 unspecified atom stereocenters. The lowest BCUT2D eigenvalue weighted by Crippen LogP contribution is -2.47. The van der Waals surface area contributed by atoms with Crippen molar-refractivity contribution in [3.05, 3.63) is 52.8 Å². The number of rotatable bonds is 8. The van der Waals surface area contributed by atoms with Gasteiger partial charge in [-0.3, -0.25) is 14.7 Å². The molecule has 0 spiro atoms. The van der Waals surface area contributed by atoms with Crippen LogP contribution in [-0.2, 0) is 11.3 Å². The van der Waals surface area contributed by atoms with Crippen molar-refractivity contribution in [2.24, 2.45) is 0 Å². The van der Waals surface area contributed by atoms with E-state index in [1.807, 2.05) is 6.26 Å². The number of nitrogens with one attached hydrogen (secondary N) is 3. The van der Waals surface area contributed by atoms with Crippen molar-refractivity contribution < 1.29 is 9.59 Å². The monoisotopic (exact) mass is 366 g/mol. The molecule has 0 fully saturated rings. The first kappa shape index (κ1) is 18.4. The van der Waals surface area contributed by atoms with Crippen LogP contribution in [0.4, 0.5) is 0 Å². The van der Waals surface area contributed by atoms with Gasteiger partial charge in [0.15, 0.2) is 0 Å². The molecule has 0 aliphatic carbocycles. The number of aromatic nitrogens is 2. The van der Waals surface area contributed by atoms with E-state index in [4.69, 9.17) is 11.6 Å². The second kappa shape index (κ2) is 9.34. The quantitative estimate of drug-likeness (QED) is 0.668. The third kappa shape index (κ3) is 5.28. The van der Waals surface area contributed by atoms with E-state index in [1.54, 1.807) is 48.3 Å². The van der Waals surface area contributed by atoms with E-state index >= 15 is 0 Å². The standard InChI is InChI=1S/C16H19ClN4O2S/c1-24-9-7-14(16(23)18-10-11-6-8-19-21-11)20-15(22)12-4-2-3-5-13(12)17/h2-6,8,14H,7,9-10H2,1H3,(H,18,23)(H,19,21)(H,20,22). The summed E-state index contributed by atoms with van der Waals surface area (Å²) in [6, 6.07) is 7.91. The largest absolute Gasteiger partial charge is 0.349 e. The zero-order valence-corrected chi connectivity index (χ0v) is 14.8. The Balaban J connectivity index is 2.00. The molecule has 0 aliphatic heterocycles. The minimum atomic E-state index is -0.621. The minimum absolute atomic E-state index is 0.237. The zero-order valence-electron chi connectivity index (χ0n) is 13.2. The Kier molecular flexibility index (Phi) is 7.14. The minimum Gasteiger partial charge on any atom is -0.349 e. The van der Waals surface area contributed by atoms with Crippen molar-refractivity contribution in [3.8, 4) is 0 Å². The van der Waals surface area contributed by atoms with Crippen LogP contribution in [0.25, 0.3) is 0 Å². The van der Waals surface area contributed by atoms with E-state index in [9.17, 15) is 9.59 Å². The van der Waals surface area contributed by atoms with E-state index in [0.717, 1.165) is 11.4 Å². The first-order valence-electron chi connectivity index (χ1n) is 7.42. The number of benzene rings is 1. The zero-order chi connectivity index (χ0) is 17.4. The summed E-state index contributed by atoms with van der Waals surface area (Å²) in [7, 11) is 0. The third-order valence-corrected chi connectivity index (χ3v) is 4.34. The van der Waals surface area contributed by atoms with Crippen molar-refractivity contribution in [2.45, 2.75) is 19.0 Å². The molecule has 2 amide bonds. The van der Waals surface area contributed by atoms with Gasteiger partial charge in [-0.05, 0) is 36.6 Å². The number of aromatic amines is 1. The normalized spacial score (nSPS) is 11.8. The van der Waals surface area contributed by atoms with Crippen molar-refractivity contribution >= 4 is 35.2 Å². The smallest absolute Gasteiger partial charge is 0.253 e. The van der Waals surface area contributed by atoms with Gasteiger partial charge in [-0.1, -0.05) is 23.7 Å². The van der Waals surface area contributed by atoms with E-state index in [-0.39, 0.29) is 11.8 Å². The Hall–Kier alpha value is -1.99. The van der Waals surface area contributed by atoms with E-state index < -0.39 is 6.04 Å². The van der Waals surface area contributed by atoms with Crippen LogP contribution in [-0.4, -0.2) is 40.1 Å². The SMILES string of the molecule is CSCCC(NC(=O)c1ccccc1Cl)C(=O)NCc1ccn[nH]1. The molecule has 2 aromatic rings. The number of thioether (sulfide) groups is 1. The Morgan fingerprint density at radius 1 is 1.33 bits per heavy atom. The molecule has 2 rings (SSSR count). The van der Waals surface area contributed by atoms with Gasteiger partial charge in [0.1, 0.15) is 6.04 Å². The second-order valence-electron chi connectivity index (χ2n) is 5.09. The fraction of sp³-hybridized carbons (Fsp3) is 0.312. The Labute approximate surface area is 149 Å². The number of hydrogen-bond acceptors (Lipinski definition) is 4. The third-order valence-electron chi connectivity index (χ3n) is 3.36. The average Bonchev–Trinajstić information content (AvgIpc) is 3.10. The van der Waals surface area contributed by atoms with Crippen LogP contribution in [0.15, 0.2) is 36.5 Å². The van der Waals surface area contributed by atoms with Crippen LogP contribution >= 0.6 is 23.4 Å². The fourth-order valence-electron chi connectivity index (χ4n) is 2.07. The number of amides is 2. The van der Waals surface area contributed by atoms with Crippen molar-refractivity contribution in [2.75, 3.05) is 12.0 Å². The molecule has 8 heteroatoms. The highest BCUT2D eigenvalue weighted by Crippen LogP contribution is 2.15. The first-order valence-corrected chi connectivity index (χ1v) is 9.19. The molecule has 1 aromatic carbocycles. The molecule has 3 N–H and O–H groups in total. The number of carbonyl (C=O) groups is 2. The highest BCUT2D eigenvalue weighted by molar-refractivity contribution is 7.98. The van der Waals surface area contributed by atoms with Gasteiger partial charge in [-0.2, -0.15) is 16.9 Å². The van der Waals surface area contributed by atoms with Gasteiger partial charge in [0.25, 0.3) is 5.91 Å². The average molecular weight is 367 g/mol. The van der Waals surface area contributed by atoms with Crippen LogP contribution in [0.1, 0.15) is 22.5 Å². The lowest BCUT2D eigenvalue weighted by molar-refractivity contribution is -0.123. The molecular formula is C16H19ClN4O2S. The molecule has 0 saturated carbocycles. The maximum atomic E-state index is 12.4. The van der Waals surface area contributed by atoms with Gasteiger partial charge in [-0.25, -0.2) is 0 Å². The number of nitrogens with zero attached hydrogens (tertiary/aromatic N) is 1. The van der Waals surface area contributed by atoms with Crippen molar-refractivity contribution in [1.29, 1.82) is 0 Å². The number of halogens is 1. The molecule has 1 heterocycles. The van der Waals surface area contributed by atoms with Crippen molar-refractivity contribution in [1.82, 2.24) is 20.8 Å². The second-order valence-corrected chi connectivity index (χ2v) is 6.48. The first-order chi connectivity index (χ1) is 11.6. The highest BCUT2D eigenvalue weighted by Gasteiger charge is 2.22. The molecule has 128 valence electrons. The van der Waals surface area contributed by atoms with Gasteiger partial charge in [0.05, 0.1) is 22.8 Å². The predicted molar refractivity (Wildman–Crippen MR) is 96.1 cm³/mol. The summed E-state index contributed by atoms with van der Waals surface area (Å²) in [4.78, 5) is 24.8. The van der Waals surface area contributed by atoms with Gasteiger partial charge < -0.3 is 10.6 Å². The molecule has 1 aromatic heterocycles.